The van der Waals surface area contributed by atoms with E-state index in [2.05, 4.69) is 39.0 Å². The number of rotatable bonds is 1. The molecule has 0 bridgehead atoms. The van der Waals surface area contributed by atoms with Gasteiger partial charge in [-0.15, -0.1) is 0 Å². The molecule has 0 amide bonds. The highest BCUT2D eigenvalue weighted by Crippen LogP contribution is 2.30. The summed E-state index contributed by atoms with van der Waals surface area (Å²) in [5.74, 6) is 1.73. The molecule has 1 aromatic rings. The highest BCUT2D eigenvalue weighted by molar-refractivity contribution is 5.35. The number of hydrogen-bond donors (Lipinski definition) is 0. The first-order valence-corrected chi connectivity index (χ1v) is 6.26. The largest absolute Gasteiger partial charge is 0.0625 e. The normalized spacial score (nSPS) is 21.2. The van der Waals surface area contributed by atoms with Gasteiger partial charge in [0.1, 0.15) is 0 Å². The molecule has 1 aliphatic rings. The van der Waals surface area contributed by atoms with E-state index in [9.17, 15) is 0 Å². The fraction of sp³-hybridized carbons (Fsp3) is 0.600. The Morgan fingerprint density at radius 1 is 1.27 bits per heavy atom. The fourth-order valence-corrected chi connectivity index (χ4v) is 2.81. The van der Waals surface area contributed by atoms with Gasteiger partial charge in [0.2, 0.25) is 0 Å². The van der Waals surface area contributed by atoms with E-state index in [4.69, 9.17) is 0 Å². The van der Waals surface area contributed by atoms with Crippen molar-refractivity contribution in [1.82, 2.24) is 0 Å². The van der Waals surface area contributed by atoms with Crippen LogP contribution in [0.4, 0.5) is 0 Å². The van der Waals surface area contributed by atoms with Crippen LogP contribution in [0.25, 0.3) is 0 Å². The second kappa shape index (κ2) is 4.38. The molecule has 0 saturated heterocycles. The van der Waals surface area contributed by atoms with Gasteiger partial charge in [0.25, 0.3) is 0 Å². The van der Waals surface area contributed by atoms with Crippen LogP contribution in [0, 0.1) is 18.8 Å². The maximum Gasteiger partial charge on any atom is -0.0245 e. The summed E-state index contributed by atoms with van der Waals surface area (Å²) < 4.78 is 0. The third kappa shape index (κ3) is 2.25. The zero-order valence-corrected chi connectivity index (χ0v) is 10.2. The Labute approximate surface area is 93.7 Å². The van der Waals surface area contributed by atoms with Crippen molar-refractivity contribution in [3.8, 4) is 0 Å². The van der Waals surface area contributed by atoms with Gasteiger partial charge in [-0.25, -0.2) is 0 Å². The topological polar surface area (TPSA) is 0 Å². The lowest BCUT2D eigenvalue weighted by Gasteiger charge is -2.18. The quantitative estimate of drug-likeness (QED) is 0.600. The van der Waals surface area contributed by atoms with Crippen LogP contribution in [0.3, 0.4) is 0 Å². The Hall–Kier alpha value is -0.780. The molecule has 1 aromatic carbocycles. The molecule has 0 nitrogen and oxygen atoms in total. The second-order valence-corrected chi connectivity index (χ2v) is 5.31. The lowest BCUT2D eigenvalue weighted by Crippen LogP contribution is -2.10. The Kier molecular flexibility index (Phi) is 3.14. The van der Waals surface area contributed by atoms with Crippen LogP contribution >= 0.6 is 0 Å². The summed E-state index contributed by atoms with van der Waals surface area (Å²) in [6, 6.07) is 6.81. The van der Waals surface area contributed by atoms with E-state index in [0.29, 0.717) is 0 Å². The minimum absolute atomic E-state index is 0.830. The minimum atomic E-state index is 0.830. The monoisotopic (exact) mass is 202 g/mol. The summed E-state index contributed by atoms with van der Waals surface area (Å²) in [5.41, 5.74) is 4.75. The average molecular weight is 202 g/mol. The SMILES string of the molecule is Cc1cccc2c1CCCC(C(C)C)C2. The summed E-state index contributed by atoms with van der Waals surface area (Å²) in [5, 5.41) is 0. The molecule has 15 heavy (non-hydrogen) atoms. The third-order valence-corrected chi connectivity index (χ3v) is 3.93. The van der Waals surface area contributed by atoms with E-state index in [0.717, 1.165) is 11.8 Å². The predicted octanol–water partition coefficient (Wildman–Crippen LogP) is 4.15. The van der Waals surface area contributed by atoms with Crippen molar-refractivity contribution in [2.45, 2.75) is 46.5 Å². The highest BCUT2D eigenvalue weighted by atomic mass is 14.2. The van der Waals surface area contributed by atoms with Gasteiger partial charge in [-0.05, 0) is 61.1 Å². The number of hydrogen-bond acceptors (Lipinski definition) is 0. The second-order valence-electron chi connectivity index (χ2n) is 5.31. The van der Waals surface area contributed by atoms with Crippen molar-refractivity contribution in [2.24, 2.45) is 11.8 Å². The lowest BCUT2D eigenvalue weighted by atomic mass is 9.87. The molecule has 0 spiro atoms. The van der Waals surface area contributed by atoms with E-state index < -0.39 is 0 Å². The van der Waals surface area contributed by atoms with E-state index in [1.54, 1.807) is 11.1 Å². The summed E-state index contributed by atoms with van der Waals surface area (Å²) in [6.45, 7) is 6.99. The Morgan fingerprint density at radius 2 is 2.07 bits per heavy atom. The molecule has 82 valence electrons. The van der Waals surface area contributed by atoms with E-state index in [-0.39, 0.29) is 0 Å². The Morgan fingerprint density at radius 3 is 2.80 bits per heavy atom. The van der Waals surface area contributed by atoms with Crippen LogP contribution in [0.1, 0.15) is 43.4 Å². The van der Waals surface area contributed by atoms with Crippen LogP contribution in [-0.2, 0) is 12.8 Å². The molecule has 2 rings (SSSR count). The van der Waals surface area contributed by atoms with Crippen LogP contribution in [-0.4, -0.2) is 0 Å². The average Bonchev–Trinajstić information content (AvgIpc) is 2.40. The smallest absolute Gasteiger partial charge is 0.0245 e. The van der Waals surface area contributed by atoms with Crippen molar-refractivity contribution >= 4 is 0 Å². The molecule has 1 atom stereocenters. The Bertz CT molecular complexity index is 336. The molecule has 0 N–H and O–H groups in total. The predicted molar refractivity (Wildman–Crippen MR) is 66.1 cm³/mol. The van der Waals surface area contributed by atoms with Crippen LogP contribution in [0.15, 0.2) is 18.2 Å². The highest BCUT2D eigenvalue weighted by Gasteiger charge is 2.19. The molecular formula is C15H22. The minimum Gasteiger partial charge on any atom is -0.0625 e. The van der Waals surface area contributed by atoms with Crippen molar-refractivity contribution in [2.75, 3.05) is 0 Å². The maximum atomic E-state index is 2.37. The van der Waals surface area contributed by atoms with Crippen LogP contribution in [0.2, 0.25) is 0 Å². The molecule has 0 aliphatic heterocycles. The van der Waals surface area contributed by atoms with E-state index >= 15 is 0 Å². The van der Waals surface area contributed by atoms with Crippen molar-refractivity contribution in [3.05, 3.63) is 34.9 Å². The van der Waals surface area contributed by atoms with Crippen LogP contribution < -0.4 is 0 Å². The van der Waals surface area contributed by atoms with E-state index in [1.165, 1.54) is 31.2 Å². The molecule has 1 unspecified atom stereocenters. The molecule has 0 fully saturated rings. The van der Waals surface area contributed by atoms with Gasteiger partial charge in [-0.3, -0.25) is 0 Å². The fourth-order valence-electron chi connectivity index (χ4n) is 2.81. The first-order chi connectivity index (χ1) is 7.18. The van der Waals surface area contributed by atoms with Gasteiger partial charge in [0.15, 0.2) is 0 Å². The molecule has 0 heterocycles. The van der Waals surface area contributed by atoms with Gasteiger partial charge in [0, 0.05) is 0 Å². The summed E-state index contributed by atoms with van der Waals surface area (Å²) >= 11 is 0. The molecular weight excluding hydrogens is 180 g/mol. The maximum absolute atomic E-state index is 2.37. The lowest BCUT2D eigenvalue weighted by molar-refractivity contribution is 0.357. The Balaban J connectivity index is 2.30. The molecule has 0 heteroatoms. The van der Waals surface area contributed by atoms with Gasteiger partial charge in [0.05, 0.1) is 0 Å². The van der Waals surface area contributed by atoms with Crippen molar-refractivity contribution in [3.63, 3.8) is 0 Å². The van der Waals surface area contributed by atoms with Crippen molar-refractivity contribution < 1.29 is 0 Å². The van der Waals surface area contributed by atoms with Gasteiger partial charge in [-0.2, -0.15) is 0 Å². The first-order valence-electron chi connectivity index (χ1n) is 6.26. The molecule has 0 saturated carbocycles. The zero-order chi connectivity index (χ0) is 10.8. The van der Waals surface area contributed by atoms with Gasteiger partial charge >= 0.3 is 0 Å². The zero-order valence-electron chi connectivity index (χ0n) is 10.2. The molecule has 0 radical (unpaired) electrons. The third-order valence-electron chi connectivity index (χ3n) is 3.93. The first kappa shape index (κ1) is 10.7. The summed E-state index contributed by atoms with van der Waals surface area (Å²) in [7, 11) is 0. The summed E-state index contributed by atoms with van der Waals surface area (Å²) in [6.07, 6.45) is 5.38. The molecule has 0 aromatic heterocycles. The van der Waals surface area contributed by atoms with Crippen molar-refractivity contribution in [1.29, 1.82) is 0 Å². The van der Waals surface area contributed by atoms with Gasteiger partial charge in [-0.1, -0.05) is 32.0 Å². The summed E-state index contributed by atoms with van der Waals surface area (Å²) in [4.78, 5) is 0. The number of fused-ring (bicyclic) bond motifs is 1. The van der Waals surface area contributed by atoms with Crippen LogP contribution in [0.5, 0.6) is 0 Å². The van der Waals surface area contributed by atoms with E-state index in [1.807, 2.05) is 0 Å². The number of benzene rings is 1. The number of aryl methyl sites for hydroxylation is 1. The molecule has 1 aliphatic carbocycles. The van der Waals surface area contributed by atoms with Gasteiger partial charge < -0.3 is 0 Å². The standard InChI is InChI=1S/C15H22/c1-11(2)13-7-5-9-15-12(3)6-4-8-14(15)10-13/h4,6,8,11,13H,5,7,9-10H2,1-3H3.